The van der Waals surface area contributed by atoms with E-state index < -0.39 is 17.5 Å². The monoisotopic (exact) mass is 360 g/mol. The van der Waals surface area contributed by atoms with Crippen molar-refractivity contribution in [2.24, 2.45) is 0 Å². The molecule has 2 aromatic carbocycles. The van der Waals surface area contributed by atoms with Gasteiger partial charge in [-0.2, -0.15) is 5.26 Å². The van der Waals surface area contributed by atoms with Crippen LogP contribution in [0.5, 0.6) is 0 Å². The van der Waals surface area contributed by atoms with Gasteiger partial charge in [-0.25, -0.2) is 4.39 Å². The lowest BCUT2D eigenvalue weighted by atomic mass is 10.0. The molecule has 6 heteroatoms. The molecule has 0 saturated carbocycles. The minimum absolute atomic E-state index is 0.0867. The van der Waals surface area contributed by atoms with Gasteiger partial charge in [-0.15, -0.1) is 0 Å². The molecule has 0 aliphatic rings. The van der Waals surface area contributed by atoms with Crippen LogP contribution < -0.4 is 5.32 Å². The van der Waals surface area contributed by atoms with Crippen molar-refractivity contribution >= 4 is 33.3 Å². The van der Waals surface area contributed by atoms with Crippen molar-refractivity contribution in [1.82, 2.24) is 0 Å². The summed E-state index contributed by atoms with van der Waals surface area (Å²) in [5, 5.41) is 11.0. The number of halogens is 2. The Balaban J connectivity index is 2.43. The maximum atomic E-state index is 13.8. The van der Waals surface area contributed by atoms with Crippen molar-refractivity contribution in [2.45, 2.75) is 6.42 Å². The van der Waals surface area contributed by atoms with Gasteiger partial charge >= 0.3 is 0 Å². The van der Waals surface area contributed by atoms with Gasteiger partial charge in [0.2, 0.25) is 5.91 Å². The molecule has 1 N–H and O–H groups in total. The fourth-order valence-electron chi connectivity index (χ4n) is 1.87. The first-order chi connectivity index (χ1) is 10.5. The molecular formula is C16H10BrFN2O2. The normalized spacial score (nSPS) is 9.86. The molecule has 0 saturated heterocycles. The van der Waals surface area contributed by atoms with Crippen molar-refractivity contribution in [3.05, 3.63) is 63.9 Å². The van der Waals surface area contributed by atoms with E-state index in [2.05, 4.69) is 21.2 Å². The van der Waals surface area contributed by atoms with Crippen molar-refractivity contribution in [3.63, 3.8) is 0 Å². The SMILES string of the molecule is N#CCC(=O)Nc1ccc(Br)cc1C(=O)c1ccccc1F. The largest absolute Gasteiger partial charge is 0.325 e. The zero-order chi connectivity index (χ0) is 16.1. The number of nitriles is 1. The highest BCUT2D eigenvalue weighted by Crippen LogP contribution is 2.25. The highest BCUT2D eigenvalue weighted by Gasteiger charge is 2.18. The fraction of sp³-hybridized carbons (Fsp3) is 0.0625. The molecule has 0 bridgehead atoms. The molecule has 0 aliphatic heterocycles. The van der Waals surface area contributed by atoms with E-state index in [1.807, 2.05) is 0 Å². The Morgan fingerprint density at radius 3 is 2.59 bits per heavy atom. The molecule has 110 valence electrons. The molecule has 0 unspecified atom stereocenters. The number of nitrogens with zero attached hydrogens (tertiary/aromatic N) is 1. The molecular weight excluding hydrogens is 351 g/mol. The summed E-state index contributed by atoms with van der Waals surface area (Å²) >= 11 is 3.24. The standard InChI is InChI=1S/C16H10BrFN2O2/c17-10-5-6-14(20-15(21)7-8-19)12(9-10)16(22)11-3-1-2-4-13(11)18/h1-6,9H,7H2,(H,20,21). The molecule has 0 heterocycles. The van der Waals surface area contributed by atoms with Crippen LogP contribution in [0.3, 0.4) is 0 Å². The average Bonchev–Trinajstić information content (AvgIpc) is 2.49. The Morgan fingerprint density at radius 2 is 1.91 bits per heavy atom. The molecule has 2 aromatic rings. The summed E-state index contributed by atoms with van der Waals surface area (Å²) in [7, 11) is 0. The van der Waals surface area contributed by atoms with Crippen LogP contribution in [0.4, 0.5) is 10.1 Å². The van der Waals surface area contributed by atoms with E-state index in [0.717, 1.165) is 0 Å². The quantitative estimate of drug-likeness (QED) is 0.845. The summed E-state index contributed by atoms with van der Waals surface area (Å²) in [6.07, 6.45) is -0.330. The lowest BCUT2D eigenvalue weighted by Gasteiger charge is -2.10. The van der Waals surface area contributed by atoms with E-state index in [1.165, 1.54) is 30.3 Å². The summed E-state index contributed by atoms with van der Waals surface area (Å²) < 4.78 is 14.4. The van der Waals surface area contributed by atoms with Crippen LogP contribution in [-0.4, -0.2) is 11.7 Å². The number of nitrogens with one attached hydrogen (secondary N) is 1. The van der Waals surface area contributed by atoms with Gasteiger partial charge in [-0.05, 0) is 30.3 Å². The molecule has 0 atom stereocenters. The number of ketones is 1. The molecule has 4 nitrogen and oxygen atoms in total. The number of amides is 1. The molecule has 0 radical (unpaired) electrons. The van der Waals surface area contributed by atoms with Crippen molar-refractivity contribution in [2.75, 3.05) is 5.32 Å². The molecule has 22 heavy (non-hydrogen) atoms. The zero-order valence-electron chi connectivity index (χ0n) is 11.3. The van der Waals surface area contributed by atoms with E-state index in [1.54, 1.807) is 18.2 Å². The van der Waals surface area contributed by atoms with Gasteiger partial charge < -0.3 is 5.32 Å². The number of rotatable bonds is 4. The Bertz CT molecular complexity index is 784. The highest BCUT2D eigenvalue weighted by molar-refractivity contribution is 9.10. The maximum absolute atomic E-state index is 13.8. The van der Waals surface area contributed by atoms with Crippen LogP contribution in [0.2, 0.25) is 0 Å². The van der Waals surface area contributed by atoms with Gasteiger partial charge in [0.25, 0.3) is 0 Å². The van der Waals surface area contributed by atoms with Crippen LogP contribution in [0, 0.1) is 17.1 Å². The van der Waals surface area contributed by atoms with E-state index in [0.29, 0.717) is 4.47 Å². The predicted molar refractivity (Wildman–Crippen MR) is 82.8 cm³/mol. The Labute approximate surface area is 134 Å². The second-order valence-electron chi connectivity index (χ2n) is 4.38. The molecule has 0 aliphatic carbocycles. The zero-order valence-corrected chi connectivity index (χ0v) is 12.9. The Kier molecular flexibility index (Phi) is 5.02. The molecule has 1 amide bonds. The van der Waals surface area contributed by atoms with Crippen LogP contribution in [0.15, 0.2) is 46.9 Å². The predicted octanol–water partition coefficient (Wildman–Crippen LogP) is 3.67. The second-order valence-corrected chi connectivity index (χ2v) is 5.30. The third-order valence-electron chi connectivity index (χ3n) is 2.86. The number of hydrogen-bond acceptors (Lipinski definition) is 3. The Morgan fingerprint density at radius 1 is 1.18 bits per heavy atom. The van der Waals surface area contributed by atoms with E-state index in [-0.39, 0.29) is 23.2 Å². The topological polar surface area (TPSA) is 70.0 Å². The first-order valence-electron chi connectivity index (χ1n) is 6.28. The van der Waals surface area contributed by atoms with Crippen LogP contribution in [0.25, 0.3) is 0 Å². The van der Waals surface area contributed by atoms with E-state index >= 15 is 0 Å². The maximum Gasteiger partial charge on any atom is 0.238 e. The first-order valence-corrected chi connectivity index (χ1v) is 7.08. The third kappa shape index (κ3) is 3.57. The minimum atomic E-state index is -0.637. The van der Waals surface area contributed by atoms with Gasteiger partial charge in [0, 0.05) is 10.0 Å². The number of anilines is 1. The summed E-state index contributed by atoms with van der Waals surface area (Å²) in [5.41, 5.74) is 0.291. The number of benzene rings is 2. The number of carbonyl (C=O) groups is 2. The van der Waals surface area contributed by atoms with Gasteiger partial charge in [0.15, 0.2) is 5.78 Å². The summed E-state index contributed by atoms with van der Waals surface area (Å²) in [5.74, 6) is -1.72. The van der Waals surface area contributed by atoms with Crippen molar-refractivity contribution < 1.29 is 14.0 Å². The van der Waals surface area contributed by atoms with Gasteiger partial charge in [-0.3, -0.25) is 9.59 Å². The highest BCUT2D eigenvalue weighted by atomic mass is 79.9. The van der Waals surface area contributed by atoms with Gasteiger partial charge in [0.1, 0.15) is 12.2 Å². The number of hydrogen-bond donors (Lipinski definition) is 1. The van der Waals surface area contributed by atoms with Gasteiger partial charge in [0.05, 0.1) is 17.3 Å². The van der Waals surface area contributed by atoms with Crippen molar-refractivity contribution in [1.29, 1.82) is 5.26 Å². The fourth-order valence-corrected chi connectivity index (χ4v) is 2.23. The summed E-state index contributed by atoms with van der Waals surface area (Å²) in [6.45, 7) is 0. The van der Waals surface area contributed by atoms with Crippen molar-refractivity contribution in [3.8, 4) is 6.07 Å². The summed E-state index contributed by atoms with van der Waals surface area (Å²) in [6, 6.07) is 12.0. The Hall–Kier alpha value is -2.52. The molecule has 0 aromatic heterocycles. The first kappa shape index (κ1) is 15.9. The lowest BCUT2D eigenvalue weighted by molar-refractivity contribution is -0.115. The van der Waals surface area contributed by atoms with E-state index in [9.17, 15) is 14.0 Å². The molecule has 0 spiro atoms. The minimum Gasteiger partial charge on any atom is -0.325 e. The van der Waals surface area contributed by atoms with Crippen LogP contribution >= 0.6 is 15.9 Å². The number of carbonyl (C=O) groups excluding carboxylic acids is 2. The van der Waals surface area contributed by atoms with Crippen LogP contribution in [-0.2, 0) is 4.79 Å². The van der Waals surface area contributed by atoms with Crippen LogP contribution in [0.1, 0.15) is 22.3 Å². The molecule has 2 rings (SSSR count). The lowest BCUT2D eigenvalue weighted by Crippen LogP contribution is -2.14. The smallest absolute Gasteiger partial charge is 0.238 e. The van der Waals surface area contributed by atoms with Gasteiger partial charge in [-0.1, -0.05) is 28.1 Å². The average molecular weight is 361 g/mol. The molecule has 0 fully saturated rings. The second kappa shape index (κ2) is 6.96. The third-order valence-corrected chi connectivity index (χ3v) is 3.35. The van der Waals surface area contributed by atoms with E-state index in [4.69, 9.17) is 5.26 Å². The summed E-state index contributed by atoms with van der Waals surface area (Å²) in [4.78, 5) is 24.0.